The van der Waals surface area contributed by atoms with Gasteiger partial charge in [0, 0.05) is 12.3 Å². The Hall–Kier alpha value is -0.880. The fourth-order valence-electron chi connectivity index (χ4n) is 1.12. The van der Waals surface area contributed by atoms with E-state index in [1.54, 1.807) is 0 Å². The van der Waals surface area contributed by atoms with Gasteiger partial charge in [-0.3, -0.25) is 5.41 Å². The third-order valence-corrected chi connectivity index (χ3v) is 2.63. The van der Waals surface area contributed by atoms with Crippen LogP contribution in [0.2, 0.25) is 0 Å². The van der Waals surface area contributed by atoms with Gasteiger partial charge in [0.2, 0.25) is 0 Å². The van der Waals surface area contributed by atoms with E-state index in [0.717, 1.165) is 15.8 Å². The summed E-state index contributed by atoms with van der Waals surface area (Å²) >= 11 is 7.50. The Morgan fingerprint density at radius 3 is 2.88 bits per heavy atom. The second-order valence-electron chi connectivity index (χ2n) is 3.10. The van der Waals surface area contributed by atoms with E-state index >= 15 is 0 Å². The fourth-order valence-corrected chi connectivity index (χ4v) is 1.76. The molecule has 6 heteroatoms. The molecule has 1 aromatic carbocycles. The van der Waals surface area contributed by atoms with Gasteiger partial charge in [0.1, 0.15) is 5.75 Å². The molecule has 0 heterocycles. The quantitative estimate of drug-likeness (QED) is 0.380. The summed E-state index contributed by atoms with van der Waals surface area (Å²) in [5, 5.41) is 9.79. The van der Waals surface area contributed by atoms with E-state index in [1.165, 1.54) is 0 Å². The van der Waals surface area contributed by atoms with E-state index in [9.17, 15) is 0 Å². The molecular weight excluding hydrogens is 290 g/mol. The summed E-state index contributed by atoms with van der Waals surface area (Å²) in [5.74, 6) is 1.44. The lowest BCUT2D eigenvalue weighted by Crippen LogP contribution is -2.29. The summed E-state index contributed by atoms with van der Waals surface area (Å²) in [6, 6.07) is 5.74. The Bertz CT molecular complexity index is 373. The van der Waals surface area contributed by atoms with Gasteiger partial charge in [-0.1, -0.05) is 6.07 Å². The Labute approximate surface area is 109 Å². The molecule has 4 N–H and O–H groups in total. The first-order chi connectivity index (χ1) is 7.63. The zero-order valence-electron chi connectivity index (χ0n) is 8.66. The lowest BCUT2D eigenvalue weighted by atomic mass is 10.2. The minimum Gasteiger partial charge on any atom is -0.492 e. The van der Waals surface area contributed by atoms with Crippen LogP contribution in [0.25, 0.3) is 0 Å². The highest BCUT2D eigenvalue weighted by Gasteiger charge is 2.02. The molecule has 88 valence electrons. The Morgan fingerprint density at radius 1 is 1.56 bits per heavy atom. The third kappa shape index (κ3) is 4.32. The maximum absolute atomic E-state index is 7.05. The molecule has 0 amide bonds. The van der Waals surface area contributed by atoms with Crippen molar-refractivity contribution in [2.45, 2.75) is 6.54 Å². The smallest absolute Gasteiger partial charge is 0.185 e. The summed E-state index contributed by atoms with van der Waals surface area (Å²) in [6.07, 6.45) is 0. The number of thiol groups is 1. The highest BCUT2D eigenvalue weighted by atomic mass is 79.9. The molecule has 0 radical (unpaired) electrons. The fraction of sp³-hybridized carbons (Fsp3) is 0.300. The number of hydrogen-bond acceptors (Lipinski definition) is 3. The number of ether oxygens (including phenoxy) is 1. The SMILES string of the molecule is N=C(N)NCc1ccc(OCCS)c(Br)c1. The summed E-state index contributed by atoms with van der Waals surface area (Å²) in [7, 11) is 0. The lowest BCUT2D eigenvalue weighted by Gasteiger charge is -2.09. The van der Waals surface area contributed by atoms with Gasteiger partial charge in [-0.05, 0) is 33.6 Å². The van der Waals surface area contributed by atoms with E-state index < -0.39 is 0 Å². The van der Waals surface area contributed by atoms with Gasteiger partial charge in [-0.25, -0.2) is 0 Å². The van der Waals surface area contributed by atoms with Crippen LogP contribution < -0.4 is 15.8 Å². The second-order valence-corrected chi connectivity index (χ2v) is 4.41. The molecule has 0 atom stereocenters. The van der Waals surface area contributed by atoms with Gasteiger partial charge in [-0.2, -0.15) is 12.6 Å². The first-order valence-corrected chi connectivity index (χ1v) is 6.16. The monoisotopic (exact) mass is 303 g/mol. The molecule has 0 bridgehead atoms. The van der Waals surface area contributed by atoms with Crippen molar-refractivity contribution in [3.63, 3.8) is 0 Å². The zero-order chi connectivity index (χ0) is 12.0. The van der Waals surface area contributed by atoms with E-state index in [-0.39, 0.29) is 5.96 Å². The Balaban J connectivity index is 2.63. The molecule has 1 aromatic rings. The van der Waals surface area contributed by atoms with E-state index in [1.807, 2.05) is 18.2 Å². The molecule has 0 unspecified atom stereocenters. The molecule has 4 nitrogen and oxygen atoms in total. The standard InChI is InChI=1S/C10H14BrN3OS/c11-8-5-7(6-14-10(12)13)1-2-9(8)15-3-4-16/h1-2,5,16H,3-4,6H2,(H4,12,13,14). The zero-order valence-corrected chi connectivity index (χ0v) is 11.1. The van der Waals surface area contributed by atoms with Crippen LogP contribution in [0.3, 0.4) is 0 Å². The number of nitrogens with two attached hydrogens (primary N) is 1. The van der Waals surface area contributed by atoms with Crippen LogP contribution in [0.15, 0.2) is 22.7 Å². The van der Waals surface area contributed by atoms with Crippen LogP contribution in [0.4, 0.5) is 0 Å². The van der Waals surface area contributed by atoms with Crippen molar-refractivity contribution >= 4 is 34.5 Å². The average molecular weight is 304 g/mol. The number of hydrogen-bond donors (Lipinski definition) is 4. The second kappa shape index (κ2) is 6.65. The van der Waals surface area contributed by atoms with Crippen molar-refractivity contribution in [2.24, 2.45) is 5.73 Å². The van der Waals surface area contributed by atoms with Crippen LogP contribution in [0.5, 0.6) is 5.75 Å². The van der Waals surface area contributed by atoms with Gasteiger partial charge in [0.05, 0.1) is 11.1 Å². The minimum absolute atomic E-state index is 0.0356. The lowest BCUT2D eigenvalue weighted by molar-refractivity contribution is 0.342. The predicted molar refractivity (Wildman–Crippen MR) is 72.2 cm³/mol. The molecule has 0 spiro atoms. The summed E-state index contributed by atoms with van der Waals surface area (Å²) in [4.78, 5) is 0. The van der Waals surface area contributed by atoms with Crippen molar-refractivity contribution in [1.29, 1.82) is 5.41 Å². The van der Waals surface area contributed by atoms with E-state index in [4.69, 9.17) is 15.9 Å². The molecule has 0 saturated heterocycles. The third-order valence-electron chi connectivity index (χ3n) is 1.83. The van der Waals surface area contributed by atoms with Crippen LogP contribution in [0, 0.1) is 5.41 Å². The molecular formula is C10H14BrN3OS. The summed E-state index contributed by atoms with van der Waals surface area (Å²) < 4.78 is 6.34. The molecule has 1 rings (SSSR count). The van der Waals surface area contributed by atoms with Crippen molar-refractivity contribution in [3.05, 3.63) is 28.2 Å². The average Bonchev–Trinajstić information content (AvgIpc) is 2.25. The number of rotatable bonds is 5. The number of guanidine groups is 1. The van der Waals surface area contributed by atoms with Gasteiger partial charge < -0.3 is 15.8 Å². The van der Waals surface area contributed by atoms with Crippen molar-refractivity contribution in [1.82, 2.24) is 5.32 Å². The van der Waals surface area contributed by atoms with Crippen molar-refractivity contribution in [3.8, 4) is 5.75 Å². The van der Waals surface area contributed by atoms with Crippen molar-refractivity contribution in [2.75, 3.05) is 12.4 Å². The molecule has 0 aliphatic heterocycles. The molecule has 0 saturated carbocycles. The van der Waals surface area contributed by atoms with Gasteiger partial charge in [-0.15, -0.1) is 0 Å². The van der Waals surface area contributed by atoms with Gasteiger partial charge >= 0.3 is 0 Å². The van der Waals surface area contributed by atoms with Crippen LogP contribution in [-0.4, -0.2) is 18.3 Å². The van der Waals surface area contributed by atoms with Crippen LogP contribution >= 0.6 is 28.6 Å². The molecule has 0 fully saturated rings. The van der Waals surface area contributed by atoms with Crippen molar-refractivity contribution < 1.29 is 4.74 Å². The Morgan fingerprint density at radius 2 is 2.31 bits per heavy atom. The van der Waals surface area contributed by atoms with E-state index in [2.05, 4.69) is 33.9 Å². The normalized spacial score (nSPS) is 9.88. The maximum Gasteiger partial charge on any atom is 0.185 e. The summed E-state index contributed by atoms with van der Waals surface area (Å²) in [5.41, 5.74) is 6.23. The van der Waals surface area contributed by atoms with Gasteiger partial charge in [0.25, 0.3) is 0 Å². The molecule has 16 heavy (non-hydrogen) atoms. The predicted octanol–water partition coefficient (Wildman–Crippen LogP) is 1.74. The topological polar surface area (TPSA) is 71.1 Å². The minimum atomic E-state index is -0.0356. The van der Waals surface area contributed by atoms with E-state index in [0.29, 0.717) is 18.9 Å². The molecule has 0 aromatic heterocycles. The number of benzene rings is 1. The highest BCUT2D eigenvalue weighted by molar-refractivity contribution is 9.10. The van der Waals surface area contributed by atoms with Crippen LogP contribution in [-0.2, 0) is 6.54 Å². The largest absolute Gasteiger partial charge is 0.492 e. The first kappa shape index (κ1) is 13.2. The van der Waals surface area contributed by atoms with Gasteiger partial charge in [0.15, 0.2) is 5.96 Å². The highest BCUT2D eigenvalue weighted by Crippen LogP contribution is 2.25. The number of halogens is 1. The number of nitrogens with one attached hydrogen (secondary N) is 2. The summed E-state index contributed by atoms with van der Waals surface area (Å²) in [6.45, 7) is 1.10. The van der Waals surface area contributed by atoms with Crippen LogP contribution in [0.1, 0.15) is 5.56 Å². The molecule has 0 aliphatic rings. The molecule has 0 aliphatic carbocycles. The Kier molecular flexibility index (Phi) is 5.48. The maximum atomic E-state index is 7.05. The first-order valence-electron chi connectivity index (χ1n) is 4.73.